The first kappa shape index (κ1) is 20.1. The van der Waals surface area contributed by atoms with E-state index in [4.69, 9.17) is 9.05 Å². The van der Waals surface area contributed by atoms with Gasteiger partial charge in [-0.25, -0.2) is 0 Å². The zero-order chi connectivity index (χ0) is 17.6. The van der Waals surface area contributed by atoms with Crippen molar-refractivity contribution in [3.05, 3.63) is 71.8 Å². The van der Waals surface area contributed by atoms with E-state index in [9.17, 15) is 0 Å². The third-order valence-electron chi connectivity index (χ3n) is 4.07. The van der Waals surface area contributed by atoms with Gasteiger partial charge in [0.15, 0.2) is 8.38 Å². The summed E-state index contributed by atoms with van der Waals surface area (Å²) in [6.07, 6.45) is 7.70. The molecule has 2 aromatic carbocycles. The Labute approximate surface area is 154 Å². The Balaban J connectivity index is 1.61. The molecule has 0 atom stereocenters. The monoisotopic (exact) mass is 358 g/mol. The summed E-state index contributed by atoms with van der Waals surface area (Å²) in [5.74, 6) is 0. The van der Waals surface area contributed by atoms with Gasteiger partial charge in [-0.05, 0) is 43.2 Å². The maximum absolute atomic E-state index is 6.06. The van der Waals surface area contributed by atoms with Crippen molar-refractivity contribution < 1.29 is 9.05 Å². The number of rotatable bonds is 13. The molecule has 0 unspecified atom stereocenters. The van der Waals surface area contributed by atoms with E-state index in [2.05, 4.69) is 67.6 Å². The van der Waals surface area contributed by atoms with Crippen LogP contribution in [0.1, 0.15) is 43.7 Å². The van der Waals surface area contributed by atoms with E-state index in [1.54, 1.807) is 0 Å². The Morgan fingerprint density at radius 2 is 1.16 bits per heavy atom. The van der Waals surface area contributed by atoms with Gasteiger partial charge in [0.25, 0.3) is 0 Å². The summed E-state index contributed by atoms with van der Waals surface area (Å²) in [7, 11) is -0.728. The average molecular weight is 358 g/mol. The zero-order valence-electron chi connectivity index (χ0n) is 15.4. The molecule has 0 amide bonds. The molecule has 2 nitrogen and oxygen atoms in total. The summed E-state index contributed by atoms with van der Waals surface area (Å²) in [6, 6.07) is 21.2. The van der Waals surface area contributed by atoms with Gasteiger partial charge in [-0.2, -0.15) is 0 Å². The van der Waals surface area contributed by atoms with Gasteiger partial charge >= 0.3 is 0 Å². The normalized spacial score (nSPS) is 11.1. The molecule has 0 radical (unpaired) electrons. The first-order valence-corrected chi connectivity index (χ1v) is 10.9. The van der Waals surface area contributed by atoms with Gasteiger partial charge in [0.05, 0.1) is 13.2 Å². The van der Waals surface area contributed by atoms with E-state index in [1.807, 2.05) is 0 Å². The molecule has 0 saturated carbocycles. The Kier molecular flexibility index (Phi) is 10.5. The van der Waals surface area contributed by atoms with Gasteiger partial charge in [0, 0.05) is 6.16 Å². The fourth-order valence-electron chi connectivity index (χ4n) is 2.63. The molecule has 0 bridgehead atoms. The molecule has 0 aromatic heterocycles. The maximum Gasteiger partial charge on any atom is 0.170 e. The van der Waals surface area contributed by atoms with Crippen molar-refractivity contribution in [3.63, 3.8) is 0 Å². The molecule has 0 fully saturated rings. The summed E-state index contributed by atoms with van der Waals surface area (Å²) in [5.41, 5.74) is 2.76. The number of aryl methyl sites for hydroxylation is 2. The zero-order valence-corrected chi connectivity index (χ0v) is 16.3. The summed E-state index contributed by atoms with van der Waals surface area (Å²) in [4.78, 5) is 0. The molecule has 2 aromatic rings. The second-order valence-electron chi connectivity index (χ2n) is 6.25. The van der Waals surface area contributed by atoms with Crippen LogP contribution < -0.4 is 0 Å². The molecule has 25 heavy (non-hydrogen) atoms. The van der Waals surface area contributed by atoms with Crippen molar-refractivity contribution >= 4 is 8.38 Å². The van der Waals surface area contributed by atoms with Crippen LogP contribution in [0.15, 0.2) is 60.7 Å². The van der Waals surface area contributed by atoms with Gasteiger partial charge < -0.3 is 9.05 Å². The van der Waals surface area contributed by atoms with Crippen molar-refractivity contribution in [2.45, 2.75) is 45.4 Å². The lowest BCUT2D eigenvalue weighted by Gasteiger charge is -2.17. The third kappa shape index (κ3) is 9.16. The molecular weight excluding hydrogens is 327 g/mol. The van der Waals surface area contributed by atoms with Crippen LogP contribution in [0.5, 0.6) is 0 Å². The largest absolute Gasteiger partial charge is 0.334 e. The number of benzene rings is 2. The summed E-state index contributed by atoms with van der Waals surface area (Å²) < 4.78 is 12.1. The highest BCUT2D eigenvalue weighted by Gasteiger charge is 2.10. The first-order valence-electron chi connectivity index (χ1n) is 9.49. The smallest absolute Gasteiger partial charge is 0.170 e. The topological polar surface area (TPSA) is 18.5 Å². The standard InChI is InChI=1S/C22H31O2P/c1-2-3-20-25(23-18-10-16-21-12-6-4-7-13-21)24-19-11-17-22-14-8-5-9-15-22/h4-9,12-15H,2-3,10-11,16-20H2,1H3. The van der Waals surface area contributed by atoms with Crippen molar-refractivity contribution in [2.75, 3.05) is 19.4 Å². The highest BCUT2D eigenvalue weighted by atomic mass is 31.2. The van der Waals surface area contributed by atoms with Gasteiger partial charge in [-0.1, -0.05) is 74.0 Å². The predicted molar refractivity (Wildman–Crippen MR) is 108 cm³/mol. The minimum atomic E-state index is -0.728. The molecule has 0 N–H and O–H groups in total. The summed E-state index contributed by atoms with van der Waals surface area (Å²) in [6.45, 7) is 3.81. The number of unbranched alkanes of at least 4 members (excludes halogenated alkanes) is 1. The molecule has 2 rings (SSSR count). The van der Waals surface area contributed by atoms with E-state index < -0.39 is 8.38 Å². The lowest BCUT2D eigenvalue weighted by Crippen LogP contribution is -2.01. The van der Waals surface area contributed by atoms with Crippen molar-refractivity contribution in [1.29, 1.82) is 0 Å². The van der Waals surface area contributed by atoms with Crippen LogP contribution in [0.2, 0.25) is 0 Å². The average Bonchev–Trinajstić information content (AvgIpc) is 2.67. The van der Waals surface area contributed by atoms with Crippen molar-refractivity contribution in [1.82, 2.24) is 0 Å². The molecule has 0 heterocycles. The molecule has 0 aliphatic rings. The van der Waals surface area contributed by atoms with E-state index >= 15 is 0 Å². The fourth-order valence-corrected chi connectivity index (χ4v) is 4.20. The summed E-state index contributed by atoms with van der Waals surface area (Å²) in [5, 5.41) is 0. The second-order valence-corrected chi connectivity index (χ2v) is 7.88. The molecule has 0 aliphatic heterocycles. The molecule has 136 valence electrons. The van der Waals surface area contributed by atoms with Gasteiger partial charge in [0.2, 0.25) is 0 Å². The van der Waals surface area contributed by atoms with Crippen LogP contribution in [0.25, 0.3) is 0 Å². The van der Waals surface area contributed by atoms with Crippen LogP contribution >= 0.6 is 8.38 Å². The van der Waals surface area contributed by atoms with Crippen LogP contribution in [0, 0.1) is 0 Å². The predicted octanol–water partition coefficient (Wildman–Crippen LogP) is 6.40. The number of hydrogen-bond acceptors (Lipinski definition) is 2. The Hall–Kier alpha value is -1.21. The molecule has 0 saturated heterocycles. The maximum atomic E-state index is 6.06. The van der Waals surface area contributed by atoms with Crippen LogP contribution in [0.4, 0.5) is 0 Å². The van der Waals surface area contributed by atoms with Crippen molar-refractivity contribution in [3.8, 4) is 0 Å². The molecule has 0 aliphatic carbocycles. The molecule has 3 heteroatoms. The van der Waals surface area contributed by atoms with Gasteiger partial charge in [-0.15, -0.1) is 0 Å². The van der Waals surface area contributed by atoms with Crippen LogP contribution in [0.3, 0.4) is 0 Å². The third-order valence-corrected chi connectivity index (χ3v) is 5.69. The van der Waals surface area contributed by atoms with Crippen LogP contribution in [-0.2, 0) is 21.9 Å². The number of hydrogen-bond donors (Lipinski definition) is 0. The fraction of sp³-hybridized carbons (Fsp3) is 0.455. The minimum absolute atomic E-state index is 0.728. The Morgan fingerprint density at radius 3 is 1.60 bits per heavy atom. The Morgan fingerprint density at radius 1 is 0.680 bits per heavy atom. The Bertz CT molecular complexity index is 497. The quantitative estimate of drug-likeness (QED) is 0.305. The molecule has 0 spiro atoms. The van der Waals surface area contributed by atoms with E-state index in [1.165, 1.54) is 24.0 Å². The summed E-state index contributed by atoms with van der Waals surface area (Å²) >= 11 is 0. The highest BCUT2D eigenvalue weighted by molar-refractivity contribution is 7.47. The van der Waals surface area contributed by atoms with Crippen LogP contribution in [-0.4, -0.2) is 19.4 Å². The SMILES string of the molecule is CCCCP(OCCCc1ccccc1)OCCCc1ccccc1. The van der Waals surface area contributed by atoms with E-state index in [0.717, 1.165) is 45.1 Å². The lowest BCUT2D eigenvalue weighted by molar-refractivity contribution is 0.244. The van der Waals surface area contributed by atoms with E-state index in [-0.39, 0.29) is 0 Å². The minimum Gasteiger partial charge on any atom is -0.334 e. The van der Waals surface area contributed by atoms with Gasteiger partial charge in [0.1, 0.15) is 0 Å². The van der Waals surface area contributed by atoms with E-state index in [0.29, 0.717) is 0 Å². The lowest BCUT2D eigenvalue weighted by atomic mass is 10.1. The van der Waals surface area contributed by atoms with Crippen molar-refractivity contribution in [2.24, 2.45) is 0 Å². The second kappa shape index (κ2) is 13.1. The first-order chi connectivity index (χ1) is 12.4. The highest BCUT2D eigenvalue weighted by Crippen LogP contribution is 2.39. The molecular formula is C22H31O2P. The van der Waals surface area contributed by atoms with Gasteiger partial charge in [-0.3, -0.25) is 0 Å².